The monoisotopic (exact) mass is 418 g/mol. The lowest BCUT2D eigenvalue weighted by Gasteiger charge is -2.15. The highest BCUT2D eigenvalue weighted by atomic mass is 35.5. The molecule has 28 heavy (non-hydrogen) atoms. The van der Waals surface area contributed by atoms with E-state index in [2.05, 4.69) is 10.6 Å². The molecular weight excluding hydrogens is 400 g/mol. The second-order valence-electron chi connectivity index (χ2n) is 6.48. The van der Waals surface area contributed by atoms with Gasteiger partial charge < -0.3 is 10.6 Å². The van der Waals surface area contributed by atoms with Crippen molar-refractivity contribution >= 4 is 39.3 Å². The van der Waals surface area contributed by atoms with Crippen LogP contribution >= 0.6 is 11.6 Å². The summed E-state index contributed by atoms with van der Waals surface area (Å²) < 4.78 is 23.3. The molecule has 0 saturated carbocycles. The normalized spacial score (nSPS) is 18.5. The molecule has 1 aliphatic heterocycles. The zero-order chi connectivity index (χ0) is 20.1. The van der Waals surface area contributed by atoms with E-state index in [1.54, 1.807) is 48.5 Å². The van der Waals surface area contributed by atoms with E-state index in [1.807, 2.05) is 6.07 Å². The maximum absolute atomic E-state index is 12.7. The van der Waals surface area contributed by atoms with Crippen molar-refractivity contribution in [2.45, 2.75) is 12.5 Å². The lowest BCUT2D eigenvalue weighted by Crippen LogP contribution is -2.41. The van der Waals surface area contributed by atoms with E-state index in [1.165, 1.54) is 6.08 Å². The second kappa shape index (κ2) is 8.58. The van der Waals surface area contributed by atoms with Crippen LogP contribution in [-0.2, 0) is 14.6 Å². The van der Waals surface area contributed by atoms with Crippen LogP contribution in [0.3, 0.4) is 0 Å². The minimum Gasteiger partial charge on any atom is -0.347 e. The second-order valence-corrected chi connectivity index (χ2v) is 9.11. The topological polar surface area (TPSA) is 92.3 Å². The average Bonchev–Trinajstić information content (AvgIpc) is 3.00. The SMILES string of the molecule is O=C(N[C@H]1CCS(=O)(=O)C1)/C(=C\c1ccccc1)NC(=O)c1ccccc1Cl. The van der Waals surface area contributed by atoms with Gasteiger partial charge in [-0.05, 0) is 30.2 Å². The van der Waals surface area contributed by atoms with Crippen molar-refractivity contribution in [3.8, 4) is 0 Å². The molecule has 0 aromatic heterocycles. The minimum absolute atomic E-state index is 0.0143. The van der Waals surface area contributed by atoms with Crippen LogP contribution in [0.1, 0.15) is 22.3 Å². The van der Waals surface area contributed by atoms with Crippen molar-refractivity contribution in [3.63, 3.8) is 0 Å². The highest BCUT2D eigenvalue weighted by molar-refractivity contribution is 7.91. The van der Waals surface area contributed by atoms with Gasteiger partial charge in [-0.25, -0.2) is 8.42 Å². The summed E-state index contributed by atoms with van der Waals surface area (Å²) >= 11 is 6.06. The summed E-state index contributed by atoms with van der Waals surface area (Å²) in [6.07, 6.45) is 1.89. The highest BCUT2D eigenvalue weighted by Crippen LogP contribution is 2.16. The van der Waals surface area contributed by atoms with Gasteiger partial charge in [0.1, 0.15) is 5.70 Å². The number of amides is 2. The first kappa shape index (κ1) is 20.1. The first-order valence-electron chi connectivity index (χ1n) is 8.68. The van der Waals surface area contributed by atoms with Crippen LogP contribution in [0.25, 0.3) is 6.08 Å². The first-order chi connectivity index (χ1) is 13.3. The molecule has 0 bridgehead atoms. The lowest BCUT2D eigenvalue weighted by molar-refractivity contribution is -0.118. The Hall–Kier alpha value is -2.64. The molecule has 1 fully saturated rings. The largest absolute Gasteiger partial charge is 0.347 e. The van der Waals surface area contributed by atoms with Gasteiger partial charge in [0.2, 0.25) is 0 Å². The lowest BCUT2D eigenvalue weighted by atomic mass is 10.1. The molecule has 1 atom stereocenters. The Morgan fingerprint density at radius 1 is 1.04 bits per heavy atom. The Balaban J connectivity index is 1.83. The quantitative estimate of drug-likeness (QED) is 0.729. The molecular formula is C20H19ClN2O4S. The summed E-state index contributed by atoms with van der Waals surface area (Å²) in [5.41, 5.74) is 0.964. The molecule has 8 heteroatoms. The van der Waals surface area contributed by atoms with E-state index in [0.717, 1.165) is 0 Å². The minimum atomic E-state index is -3.14. The van der Waals surface area contributed by atoms with Gasteiger partial charge >= 0.3 is 0 Å². The van der Waals surface area contributed by atoms with Crippen molar-refractivity contribution in [1.29, 1.82) is 0 Å². The maximum atomic E-state index is 12.7. The first-order valence-corrected chi connectivity index (χ1v) is 10.9. The summed E-state index contributed by atoms with van der Waals surface area (Å²) in [5.74, 6) is -1.13. The Bertz CT molecular complexity index is 1020. The average molecular weight is 419 g/mol. The molecule has 1 heterocycles. The molecule has 146 valence electrons. The molecule has 1 saturated heterocycles. The van der Waals surface area contributed by atoms with Crippen LogP contribution in [0.4, 0.5) is 0 Å². The zero-order valence-electron chi connectivity index (χ0n) is 14.9. The van der Waals surface area contributed by atoms with Crippen molar-refractivity contribution in [3.05, 3.63) is 76.4 Å². The molecule has 1 aliphatic rings. The summed E-state index contributed by atoms with van der Waals surface area (Å²) in [5, 5.41) is 5.55. The summed E-state index contributed by atoms with van der Waals surface area (Å²) in [6.45, 7) is 0. The van der Waals surface area contributed by atoms with Crippen LogP contribution in [0.2, 0.25) is 5.02 Å². The number of nitrogens with one attached hydrogen (secondary N) is 2. The summed E-state index contributed by atoms with van der Waals surface area (Å²) in [6, 6.07) is 15.1. The predicted octanol–water partition coefficient (Wildman–Crippen LogP) is 2.41. The van der Waals surface area contributed by atoms with Gasteiger partial charge in [-0.3, -0.25) is 9.59 Å². The van der Waals surface area contributed by atoms with Gasteiger partial charge in [-0.15, -0.1) is 0 Å². The highest BCUT2D eigenvalue weighted by Gasteiger charge is 2.30. The zero-order valence-corrected chi connectivity index (χ0v) is 16.5. The Morgan fingerprint density at radius 2 is 1.71 bits per heavy atom. The fraction of sp³-hybridized carbons (Fsp3) is 0.200. The van der Waals surface area contributed by atoms with Crippen molar-refractivity contribution < 1.29 is 18.0 Å². The van der Waals surface area contributed by atoms with E-state index in [-0.39, 0.29) is 27.8 Å². The van der Waals surface area contributed by atoms with Crippen LogP contribution < -0.4 is 10.6 Å². The maximum Gasteiger partial charge on any atom is 0.268 e. The van der Waals surface area contributed by atoms with Crippen LogP contribution in [0, 0.1) is 0 Å². The number of hydrogen-bond acceptors (Lipinski definition) is 4. The van der Waals surface area contributed by atoms with Gasteiger partial charge in [0.25, 0.3) is 11.8 Å². The van der Waals surface area contributed by atoms with Crippen molar-refractivity contribution in [2.24, 2.45) is 0 Å². The Labute approximate surface area is 168 Å². The number of hydrogen-bond donors (Lipinski definition) is 2. The van der Waals surface area contributed by atoms with E-state index >= 15 is 0 Å². The fourth-order valence-electron chi connectivity index (χ4n) is 2.88. The molecule has 2 aromatic rings. The smallest absolute Gasteiger partial charge is 0.268 e. The van der Waals surface area contributed by atoms with Crippen molar-refractivity contribution in [2.75, 3.05) is 11.5 Å². The van der Waals surface area contributed by atoms with Gasteiger partial charge in [0, 0.05) is 6.04 Å². The number of carbonyl (C=O) groups is 2. The third-order valence-corrected chi connectivity index (χ3v) is 6.39. The molecule has 2 N–H and O–H groups in total. The number of carbonyl (C=O) groups excluding carboxylic acids is 2. The molecule has 0 spiro atoms. The van der Waals surface area contributed by atoms with Gasteiger partial charge in [0.15, 0.2) is 9.84 Å². The predicted molar refractivity (Wildman–Crippen MR) is 109 cm³/mol. The van der Waals surface area contributed by atoms with Gasteiger partial charge in [0.05, 0.1) is 22.1 Å². The molecule has 2 amide bonds. The Morgan fingerprint density at radius 3 is 2.36 bits per heavy atom. The third kappa shape index (κ3) is 5.21. The Kier molecular flexibility index (Phi) is 6.16. The van der Waals surface area contributed by atoms with Gasteiger partial charge in [-0.1, -0.05) is 54.1 Å². The number of benzene rings is 2. The van der Waals surface area contributed by atoms with E-state index in [0.29, 0.717) is 12.0 Å². The summed E-state index contributed by atoms with van der Waals surface area (Å²) in [4.78, 5) is 25.3. The number of halogens is 1. The van der Waals surface area contributed by atoms with E-state index in [9.17, 15) is 18.0 Å². The molecule has 0 radical (unpaired) electrons. The van der Waals surface area contributed by atoms with Crippen LogP contribution in [-0.4, -0.2) is 37.8 Å². The molecule has 0 unspecified atom stereocenters. The van der Waals surface area contributed by atoms with Crippen LogP contribution in [0.15, 0.2) is 60.3 Å². The number of rotatable bonds is 5. The molecule has 0 aliphatic carbocycles. The van der Waals surface area contributed by atoms with E-state index in [4.69, 9.17) is 11.6 Å². The van der Waals surface area contributed by atoms with Crippen LogP contribution in [0.5, 0.6) is 0 Å². The molecule has 3 rings (SSSR count). The third-order valence-electron chi connectivity index (χ3n) is 4.29. The van der Waals surface area contributed by atoms with Crippen molar-refractivity contribution in [1.82, 2.24) is 10.6 Å². The number of sulfone groups is 1. The fourth-order valence-corrected chi connectivity index (χ4v) is 4.78. The van der Waals surface area contributed by atoms with E-state index < -0.39 is 27.7 Å². The molecule has 6 nitrogen and oxygen atoms in total. The summed E-state index contributed by atoms with van der Waals surface area (Å²) in [7, 11) is -3.14. The van der Waals surface area contributed by atoms with Gasteiger partial charge in [-0.2, -0.15) is 0 Å². The molecule has 2 aromatic carbocycles. The standard InChI is InChI=1S/C20H19ClN2O4S/c21-17-9-5-4-8-16(17)19(24)23-18(12-14-6-2-1-3-7-14)20(25)22-15-10-11-28(26,27)13-15/h1-9,12,15H,10-11,13H2,(H,22,25)(H,23,24)/b18-12+/t15-/m0/s1.